The molecule has 2 heterocycles. The average Bonchev–Trinajstić information content (AvgIpc) is 3.84. The van der Waals surface area contributed by atoms with Crippen LogP contribution in [0.4, 0.5) is 10.2 Å². The Bertz CT molecular complexity index is 1200. The minimum Gasteiger partial charge on any atom is -0.495 e. The first-order chi connectivity index (χ1) is 18.8. The number of nitrogens with two attached hydrogens (primary N) is 1. The molecule has 0 radical (unpaired) electrons. The van der Waals surface area contributed by atoms with Gasteiger partial charge in [-0.2, -0.15) is 9.37 Å². The number of aromatic nitrogens is 2. The molecule has 9 nitrogen and oxygen atoms in total. The van der Waals surface area contributed by atoms with Gasteiger partial charge in [-0.15, -0.1) is 0 Å². The molecule has 0 unspecified atom stereocenters. The summed E-state index contributed by atoms with van der Waals surface area (Å²) < 4.78 is 20.4. The molecular formula is C29H39FN6O3. The predicted molar refractivity (Wildman–Crippen MR) is 150 cm³/mol. The van der Waals surface area contributed by atoms with E-state index >= 15 is 4.39 Å². The zero-order valence-electron chi connectivity index (χ0n) is 23.1. The standard InChI is InChI=1S/C29H39FN6O3/c1-5-23-22(14-20(38-4)15-32-23)21-10-11-26(35-28(21)30)36-39-16-25(27(18-6-7-18)19-8-9-19)34-29(37)24(12-13-31)33-17(2)3/h10-15,17-19,25,27H,5-9,16,31H2,1-4H3,(H,34,37)(H,35,36)/b13-12-,33-24?/t25-/m1/s1. The summed E-state index contributed by atoms with van der Waals surface area (Å²) in [6.07, 6.45) is 9.73. The van der Waals surface area contributed by atoms with Gasteiger partial charge in [0, 0.05) is 22.9 Å². The molecule has 0 aromatic carbocycles. The van der Waals surface area contributed by atoms with Crippen LogP contribution in [0, 0.1) is 23.7 Å². The van der Waals surface area contributed by atoms with Crippen LogP contribution in [-0.2, 0) is 16.1 Å². The van der Waals surface area contributed by atoms with Gasteiger partial charge in [0.2, 0.25) is 5.95 Å². The number of pyridine rings is 2. The van der Waals surface area contributed by atoms with Crippen LogP contribution in [0.2, 0.25) is 0 Å². The van der Waals surface area contributed by atoms with Crippen molar-refractivity contribution < 1.29 is 18.8 Å². The van der Waals surface area contributed by atoms with Crippen molar-refractivity contribution in [1.29, 1.82) is 0 Å². The number of halogens is 1. The molecule has 2 aliphatic rings. The summed E-state index contributed by atoms with van der Waals surface area (Å²) in [6.45, 7) is 5.98. The topological polar surface area (TPSA) is 124 Å². The highest BCUT2D eigenvalue weighted by atomic mass is 19.1. The molecule has 2 fully saturated rings. The van der Waals surface area contributed by atoms with Gasteiger partial charge in [-0.3, -0.25) is 19.6 Å². The number of nitrogens with zero attached hydrogens (tertiary/aromatic N) is 3. The molecule has 39 heavy (non-hydrogen) atoms. The number of aliphatic imine (C=N–C) groups is 1. The van der Waals surface area contributed by atoms with Gasteiger partial charge in [0.15, 0.2) is 5.82 Å². The van der Waals surface area contributed by atoms with E-state index in [1.165, 1.54) is 12.3 Å². The number of carbonyl (C=O) groups excluding carboxylic acids is 1. The fourth-order valence-electron chi connectivity index (χ4n) is 5.04. The Morgan fingerprint density at radius 3 is 2.51 bits per heavy atom. The van der Waals surface area contributed by atoms with Gasteiger partial charge in [-0.25, -0.2) is 5.48 Å². The van der Waals surface area contributed by atoms with E-state index < -0.39 is 5.95 Å². The lowest BCUT2D eigenvalue weighted by atomic mass is 9.89. The lowest BCUT2D eigenvalue weighted by Gasteiger charge is -2.28. The molecule has 1 amide bonds. The van der Waals surface area contributed by atoms with E-state index in [1.807, 2.05) is 20.8 Å². The van der Waals surface area contributed by atoms with E-state index in [0.717, 1.165) is 31.4 Å². The summed E-state index contributed by atoms with van der Waals surface area (Å²) >= 11 is 0. The molecule has 0 saturated heterocycles. The Morgan fingerprint density at radius 1 is 1.23 bits per heavy atom. The SMILES string of the molecule is CCc1ncc(OC)cc1-c1ccc(NOC[C@@H](NC(=O)C(/C=C\N)=NC(C)C)C(C2CC2)C2CC2)nc1F. The van der Waals surface area contributed by atoms with Gasteiger partial charge in [0.05, 0.1) is 26.0 Å². The third kappa shape index (κ3) is 7.53. The van der Waals surface area contributed by atoms with E-state index in [1.54, 1.807) is 31.5 Å². The first kappa shape index (κ1) is 28.5. The van der Waals surface area contributed by atoms with Crippen molar-refractivity contribution in [3.8, 4) is 16.9 Å². The zero-order valence-corrected chi connectivity index (χ0v) is 23.1. The Labute approximate surface area is 229 Å². The number of carbonyl (C=O) groups is 1. The van der Waals surface area contributed by atoms with Crippen molar-refractivity contribution in [2.75, 3.05) is 19.2 Å². The molecule has 2 aromatic rings. The molecule has 0 spiro atoms. The number of hydrogen-bond acceptors (Lipinski definition) is 8. The molecule has 4 N–H and O–H groups in total. The van der Waals surface area contributed by atoms with Gasteiger partial charge < -0.3 is 15.8 Å². The molecule has 210 valence electrons. The fourth-order valence-corrected chi connectivity index (χ4v) is 5.04. The molecule has 10 heteroatoms. The zero-order chi connectivity index (χ0) is 27.9. The minimum atomic E-state index is -0.643. The maximum atomic E-state index is 15.1. The molecule has 0 bridgehead atoms. The lowest BCUT2D eigenvalue weighted by Crippen LogP contribution is -2.47. The number of hydrogen-bond donors (Lipinski definition) is 3. The fraction of sp³-hybridized carbons (Fsp3) is 0.517. The first-order valence-electron chi connectivity index (χ1n) is 13.7. The smallest absolute Gasteiger partial charge is 0.269 e. The summed E-state index contributed by atoms with van der Waals surface area (Å²) in [7, 11) is 1.55. The van der Waals surface area contributed by atoms with Gasteiger partial charge in [-0.05, 0) is 94.2 Å². The lowest BCUT2D eigenvalue weighted by molar-refractivity contribution is -0.116. The van der Waals surface area contributed by atoms with Crippen molar-refractivity contribution in [3.05, 3.63) is 48.3 Å². The first-order valence-corrected chi connectivity index (χ1v) is 13.7. The second kappa shape index (κ2) is 13.0. The minimum absolute atomic E-state index is 0.0499. The van der Waals surface area contributed by atoms with Gasteiger partial charge in [0.25, 0.3) is 5.91 Å². The van der Waals surface area contributed by atoms with E-state index in [2.05, 4.69) is 25.8 Å². The largest absolute Gasteiger partial charge is 0.495 e. The van der Waals surface area contributed by atoms with Gasteiger partial charge >= 0.3 is 0 Å². The Hall–Kier alpha value is -3.53. The number of ether oxygens (including phenoxy) is 1. The predicted octanol–water partition coefficient (Wildman–Crippen LogP) is 4.44. The summed E-state index contributed by atoms with van der Waals surface area (Å²) in [4.78, 5) is 31.8. The van der Waals surface area contributed by atoms with Crippen molar-refractivity contribution in [1.82, 2.24) is 15.3 Å². The number of amides is 1. The van der Waals surface area contributed by atoms with Crippen LogP contribution in [0.5, 0.6) is 5.75 Å². The van der Waals surface area contributed by atoms with Crippen LogP contribution in [0.25, 0.3) is 11.1 Å². The Morgan fingerprint density at radius 2 is 1.95 bits per heavy atom. The Balaban J connectivity index is 1.46. The van der Waals surface area contributed by atoms with Crippen molar-refractivity contribution >= 4 is 17.4 Å². The van der Waals surface area contributed by atoms with E-state index in [0.29, 0.717) is 41.1 Å². The normalized spacial score (nSPS) is 16.6. The number of rotatable bonds is 14. The second-order valence-corrected chi connectivity index (χ2v) is 10.5. The second-order valence-electron chi connectivity index (χ2n) is 10.5. The van der Waals surface area contributed by atoms with Crippen LogP contribution in [0.1, 0.15) is 52.1 Å². The molecule has 2 aliphatic carbocycles. The maximum absolute atomic E-state index is 15.1. The molecule has 4 rings (SSSR count). The molecule has 0 aliphatic heterocycles. The highest BCUT2D eigenvalue weighted by Gasteiger charge is 2.46. The molecule has 1 atom stereocenters. The van der Waals surface area contributed by atoms with Crippen LogP contribution in [-0.4, -0.2) is 47.4 Å². The number of anilines is 1. The summed E-state index contributed by atoms with van der Waals surface area (Å²) in [5.74, 6) is 1.31. The third-order valence-corrected chi connectivity index (χ3v) is 7.09. The number of methoxy groups -OCH3 is 1. The maximum Gasteiger partial charge on any atom is 0.269 e. The van der Waals surface area contributed by atoms with E-state index in [9.17, 15) is 4.79 Å². The summed E-state index contributed by atoms with van der Waals surface area (Å²) in [5.41, 5.74) is 10.3. The number of nitrogens with one attached hydrogen (secondary N) is 2. The van der Waals surface area contributed by atoms with Gasteiger partial charge in [-0.1, -0.05) is 6.92 Å². The highest BCUT2D eigenvalue weighted by Crippen LogP contribution is 2.50. The van der Waals surface area contributed by atoms with Crippen LogP contribution in [0.15, 0.2) is 41.7 Å². The monoisotopic (exact) mass is 538 g/mol. The molecule has 2 aromatic heterocycles. The van der Waals surface area contributed by atoms with Crippen LogP contribution < -0.4 is 21.3 Å². The van der Waals surface area contributed by atoms with E-state index in [-0.39, 0.29) is 36.1 Å². The van der Waals surface area contributed by atoms with Crippen molar-refractivity contribution in [2.24, 2.45) is 28.5 Å². The summed E-state index contributed by atoms with van der Waals surface area (Å²) in [5, 5.41) is 3.15. The average molecular weight is 539 g/mol. The highest BCUT2D eigenvalue weighted by molar-refractivity contribution is 6.43. The molecule has 2 saturated carbocycles. The van der Waals surface area contributed by atoms with E-state index in [4.69, 9.17) is 15.3 Å². The van der Waals surface area contributed by atoms with Crippen LogP contribution in [0.3, 0.4) is 0 Å². The van der Waals surface area contributed by atoms with Crippen molar-refractivity contribution in [3.63, 3.8) is 0 Å². The quantitative estimate of drug-likeness (QED) is 0.185. The van der Waals surface area contributed by atoms with Crippen molar-refractivity contribution in [2.45, 2.75) is 65.0 Å². The van der Waals surface area contributed by atoms with Gasteiger partial charge in [0.1, 0.15) is 11.5 Å². The summed E-state index contributed by atoms with van der Waals surface area (Å²) in [6, 6.07) is 4.78. The molecular weight excluding hydrogens is 499 g/mol. The third-order valence-electron chi connectivity index (χ3n) is 7.09. The number of aryl methyl sites for hydroxylation is 1. The Kier molecular flexibility index (Phi) is 9.50. The van der Waals surface area contributed by atoms with Crippen LogP contribution >= 0.6 is 0 Å².